The molecule has 0 aliphatic rings. The Hall–Kier alpha value is -1.55. The number of aryl methyl sites for hydroxylation is 2. The Kier molecular flexibility index (Phi) is 6.05. The summed E-state index contributed by atoms with van der Waals surface area (Å²) in [6.07, 6.45) is 9.83. The summed E-state index contributed by atoms with van der Waals surface area (Å²) < 4.78 is 1.72. The second-order valence-electron chi connectivity index (χ2n) is 5.82. The molecule has 0 aliphatic carbocycles. The zero-order valence-corrected chi connectivity index (χ0v) is 13.0. The molecule has 0 radical (unpaired) electrons. The molecule has 0 bridgehead atoms. The highest BCUT2D eigenvalue weighted by molar-refractivity contribution is 5.78. The first-order valence-corrected chi connectivity index (χ1v) is 8.10. The quantitative estimate of drug-likeness (QED) is 0.697. The number of nitrogens with one attached hydrogen (secondary N) is 1. The number of aromatic nitrogens is 2. The lowest BCUT2D eigenvalue weighted by Crippen LogP contribution is -2.12. The highest BCUT2D eigenvalue weighted by Gasteiger charge is 2.07. The van der Waals surface area contributed by atoms with Crippen LogP contribution in [0.5, 0.6) is 0 Å². The van der Waals surface area contributed by atoms with Crippen LogP contribution in [0.2, 0.25) is 0 Å². The van der Waals surface area contributed by atoms with E-state index in [1.165, 1.54) is 44.1 Å². The number of rotatable bonds is 9. The zero-order chi connectivity index (χ0) is 15.1. The predicted molar refractivity (Wildman–Crippen MR) is 88.6 cm³/mol. The van der Waals surface area contributed by atoms with Crippen molar-refractivity contribution in [2.75, 3.05) is 6.54 Å². The van der Waals surface area contributed by atoms with E-state index in [1.54, 1.807) is 4.57 Å². The number of nitrogens with two attached hydrogens (primary N) is 1. The third-order valence-corrected chi connectivity index (χ3v) is 4.15. The van der Waals surface area contributed by atoms with Crippen molar-refractivity contribution >= 4 is 11.0 Å². The van der Waals surface area contributed by atoms with E-state index in [-0.39, 0.29) is 5.69 Å². The summed E-state index contributed by atoms with van der Waals surface area (Å²) in [7, 11) is 1.84. The normalized spacial score (nSPS) is 11.3. The summed E-state index contributed by atoms with van der Waals surface area (Å²) in [5, 5.41) is 0. The molecule has 1 aromatic heterocycles. The van der Waals surface area contributed by atoms with Gasteiger partial charge in [0.15, 0.2) is 0 Å². The van der Waals surface area contributed by atoms with Crippen LogP contribution in [0, 0.1) is 0 Å². The maximum Gasteiger partial charge on any atom is 0.326 e. The number of fused-ring (bicyclic) bond motifs is 1. The summed E-state index contributed by atoms with van der Waals surface area (Å²) in [5.41, 5.74) is 8.74. The van der Waals surface area contributed by atoms with Gasteiger partial charge in [-0.2, -0.15) is 0 Å². The Morgan fingerprint density at radius 3 is 2.43 bits per heavy atom. The minimum absolute atomic E-state index is 0.0302. The van der Waals surface area contributed by atoms with Gasteiger partial charge in [-0.25, -0.2) is 4.79 Å². The molecule has 2 aromatic rings. The molecule has 4 nitrogen and oxygen atoms in total. The highest BCUT2D eigenvalue weighted by Crippen LogP contribution is 2.18. The molecular weight excluding hydrogens is 262 g/mol. The minimum atomic E-state index is -0.0302. The van der Waals surface area contributed by atoms with E-state index in [2.05, 4.69) is 11.1 Å². The van der Waals surface area contributed by atoms with Gasteiger partial charge in [0.2, 0.25) is 0 Å². The maximum atomic E-state index is 11.7. The first kappa shape index (κ1) is 15.8. The maximum absolute atomic E-state index is 11.7. The summed E-state index contributed by atoms with van der Waals surface area (Å²) in [5.74, 6) is 0. The third kappa shape index (κ3) is 4.21. The number of hydrogen-bond donors (Lipinski definition) is 2. The number of unbranched alkanes of at least 4 members (excludes halogenated alkanes) is 6. The van der Waals surface area contributed by atoms with Gasteiger partial charge in [-0.1, -0.05) is 44.2 Å². The smallest absolute Gasteiger partial charge is 0.326 e. The molecule has 0 unspecified atom stereocenters. The van der Waals surface area contributed by atoms with Gasteiger partial charge in [-0.15, -0.1) is 0 Å². The highest BCUT2D eigenvalue weighted by atomic mass is 16.1. The molecule has 3 N–H and O–H groups in total. The van der Waals surface area contributed by atoms with Crippen molar-refractivity contribution < 1.29 is 0 Å². The second kappa shape index (κ2) is 8.03. The van der Waals surface area contributed by atoms with Gasteiger partial charge in [0.1, 0.15) is 0 Å². The molecule has 2 rings (SSSR count). The first-order valence-electron chi connectivity index (χ1n) is 8.10. The summed E-state index contributed by atoms with van der Waals surface area (Å²) >= 11 is 0. The molecular formula is C17H27N3O. The van der Waals surface area contributed by atoms with Crippen molar-refractivity contribution in [3.8, 4) is 0 Å². The van der Waals surface area contributed by atoms with E-state index in [9.17, 15) is 4.79 Å². The molecule has 116 valence electrons. The van der Waals surface area contributed by atoms with Crippen molar-refractivity contribution in [3.63, 3.8) is 0 Å². The fourth-order valence-corrected chi connectivity index (χ4v) is 2.93. The second-order valence-corrected chi connectivity index (χ2v) is 5.82. The van der Waals surface area contributed by atoms with Crippen molar-refractivity contribution in [2.24, 2.45) is 12.8 Å². The number of aromatic amines is 1. The lowest BCUT2D eigenvalue weighted by atomic mass is 10.0. The topological polar surface area (TPSA) is 63.8 Å². The predicted octanol–water partition coefficient (Wildman–Crippen LogP) is 3.10. The number of hydrogen-bond acceptors (Lipinski definition) is 2. The van der Waals surface area contributed by atoms with Crippen molar-refractivity contribution in [1.82, 2.24) is 9.55 Å². The van der Waals surface area contributed by atoms with Gasteiger partial charge < -0.3 is 10.7 Å². The Labute approximate surface area is 126 Å². The average molecular weight is 289 g/mol. The molecule has 1 aromatic carbocycles. The lowest BCUT2D eigenvalue weighted by molar-refractivity contribution is 0.582. The van der Waals surface area contributed by atoms with E-state index in [0.717, 1.165) is 30.4 Å². The van der Waals surface area contributed by atoms with E-state index >= 15 is 0 Å². The molecule has 1 heterocycles. The Balaban J connectivity index is 1.80. The first-order chi connectivity index (χ1) is 10.2. The summed E-state index contributed by atoms with van der Waals surface area (Å²) in [6.45, 7) is 0.819. The van der Waals surface area contributed by atoms with Crippen LogP contribution in [-0.4, -0.2) is 16.1 Å². The van der Waals surface area contributed by atoms with Crippen LogP contribution in [0.1, 0.15) is 50.5 Å². The minimum Gasteiger partial charge on any atom is -0.330 e. The van der Waals surface area contributed by atoms with Crippen molar-refractivity contribution in [2.45, 2.75) is 51.4 Å². The van der Waals surface area contributed by atoms with E-state index in [1.807, 2.05) is 19.2 Å². The average Bonchev–Trinajstić information content (AvgIpc) is 2.78. The van der Waals surface area contributed by atoms with Crippen molar-refractivity contribution in [3.05, 3.63) is 34.2 Å². The number of para-hydroxylation sites is 1. The van der Waals surface area contributed by atoms with Gasteiger partial charge in [0.05, 0.1) is 11.0 Å². The van der Waals surface area contributed by atoms with Gasteiger partial charge >= 0.3 is 5.69 Å². The standard InChI is InChI=1S/C17H27N3O/c1-20-16-14(11-9-12-15(16)19-17(20)21)10-7-5-3-2-4-6-8-13-18/h9,11-12H,2-8,10,13,18H2,1H3,(H,19,21). The van der Waals surface area contributed by atoms with Crippen LogP contribution in [0.4, 0.5) is 0 Å². The monoisotopic (exact) mass is 289 g/mol. The molecule has 0 amide bonds. The molecule has 0 saturated heterocycles. The summed E-state index contributed by atoms with van der Waals surface area (Å²) in [4.78, 5) is 14.6. The Morgan fingerprint density at radius 1 is 1.05 bits per heavy atom. The molecule has 0 fully saturated rings. The Bertz CT molecular complexity index is 612. The Morgan fingerprint density at radius 2 is 1.71 bits per heavy atom. The number of benzene rings is 1. The largest absolute Gasteiger partial charge is 0.330 e. The van der Waals surface area contributed by atoms with Gasteiger partial charge in [-0.3, -0.25) is 4.57 Å². The van der Waals surface area contributed by atoms with Crippen LogP contribution in [0.3, 0.4) is 0 Å². The molecule has 0 saturated carbocycles. The SMILES string of the molecule is Cn1c(=O)[nH]c2cccc(CCCCCCCCCN)c21. The van der Waals surface area contributed by atoms with E-state index in [0.29, 0.717) is 0 Å². The zero-order valence-electron chi connectivity index (χ0n) is 13.0. The number of nitrogens with zero attached hydrogens (tertiary/aromatic N) is 1. The van der Waals surface area contributed by atoms with Crippen LogP contribution in [0.15, 0.2) is 23.0 Å². The molecule has 0 aliphatic heterocycles. The van der Waals surface area contributed by atoms with Crippen LogP contribution >= 0.6 is 0 Å². The van der Waals surface area contributed by atoms with Crippen LogP contribution in [-0.2, 0) is 13.5 Å². The molecule has 0 atom stereocenters. The van der Waals surface area contributed by atoms with Crippen LogP contribution < -0.4 is 11.4 Å². The fraction of sp³-hybridized carbons (Fsp3) is 0.588. The van der Waals surface area contributed by atoms with E-state index < -0.39 is 0 Å². The van der Waals surface area contributed by atoms with Gasteiger partial charge in [0.25, 0.3) is 0 Å². The molecule has 21 heavy (non-hydrogen) atoms. The third-order valence-electron chi connectivity index (χ3n) is 4.15. The van der Waals surface area contributed by atoms with Crippen LogP contribution in [0.25, 0.3) is 11.0 Å². The van der Waals surface area contributed by atoms with Crippen molar-refractivity contribution in [1.29, 1.82) is 0 Å². The van der Waals surface area contributed by atoms with E-state index in [4.69, 9.17) is 5.73 Å². The molecule has 0 spiro atoms. The number of H-pyrrole nitrogens is 1. The fourth-order valence-electron chi connectivity index (χ4n) is 2.93. The summed E-state index contributed by atoms with van der Waals surface area (Å²) in [6, 6.07) is 6.13. The lowest BCUT2D eigenvalue weighted by Gasteiger charge is -2.05. The number of imidazole rings is 1. The van der Waals surface area contributed by atoms with Gasteiger partial charge in [-0.05, 0) is 37.4 Å². The molecule has 4 heteroatoms. The van der Waals surface area contributed by atoms with Gasteiger partial charge in [0, 0.05) is 7.05 Å².